The fourth-order valence-electron chi connectivity index (χ4n) is 1.72. The topological polar surface area (TPSA) is 37.8 Å². The Morgan fingerprint density at radius 2 is 1.85 bits per heavy atom. The maximum Gasteiger partial charge on any atom is 0.132 e. The molecule has 0 aliphatic heterocycles. The van der Waals surface area contributed by atoms with E-state index in [4.69, 9.17) is 0 Å². The standard InChI is InChI=1S/C15H17F2N3/c1-10(2)18-7-11-8-19-15(20-9-11)5-12-3-4-13(16)6-14(12)17/h3-4,6,8-10,18H,5,7H2,1-2H3. The third-order valence-corrected chi connectivity index (χ3v) is 2.84. The molecule has 106 valence electrons. The lowest BCUT2D eigenvalue weighted by Gasteiger charge is -2.08. The van der Waals surface area contributed by atoms with E-state index in [1.807, 2.05) is 0 Å². The summed E-state index contributed by atoms with van der Waals surface area (Å²) in [7, 11) is 0. The molecule has 1 aromatic carbocycles. The lowest BCUT2D eigenvalue weighted by atomic mass is 10.1. The molecule has 2 rings (SSSR count). The van der Waals surface area contributed by atoms with Crippen LogP contribution in [0.5, 0.6) is 0 Å². The molecule has 5 heteroatoms. The molecule has 1 heterocycles. The van der Waals surface area contributed by atoms with Crippen LogP contribution < -0.4 is 5.32 Å². The van der Waals surface area contributed by atoms with Gasteiger partial charge in [0.05, 0.1) is 0 Å². The molecule has 0 amide bonds. The molecular formula is C15H17F2N3. The minimum atomic E-state index is -0.581. The molecule has 20 heavy (non-hydrogen) atoms. The number of nitrogens with zero attached hydrogens (tertiary/aromatic N) is 2. The minimum Gasteiger partial charge on any atom is -0.310 e. The van der Waals surface area contributed by atoms with Crippen LogP contribution in [-0.2, 0) is 13.0 Å². The van der Waals surface area contributed by atoms with E-state index in [0.717, 1.165) is 11.6 Å². The second kappa shape index (κ2) is 6.52. The Morgan fingerprint density at radius 3 is 2.45 bits per heavy atom. The Hall–Kier alpha value is -1.88. The molecule has 2 aromatic rings. The van der Waals surface area contributed by atoms with E-state index in [1.165, 1.54) is 12.1 Å². The molecular weight excluding hydrogens is 260 g/mol. The van der Waals surface area contributed by atoms with Crippen LogP contribution in [0.15, 0.2) is 30.6 Å². The average Bonchev–Trinajstić information content (AvgIpc) is 2.41. The third-order valence-electron chi connectivity index (χ3n) is 2.84. The monoisotopic (exact) mass is 277 g/mol. The molecule has 1 aromatic heterocycles. The fraction of sp³-hybridized carbons (Fsp3) is 0.333. The molecule has 0 atom stereocenters. The largest absolute Gasteiger partial charge is 0.310 e. The number of aromatic nitrogens is 2. The van der Waals surface area contributed by atoms with E-state index in [2.05, 4.69) is 29.1 Å². The van der Waals surface area contributed by atoms with Crippen molar-refractivity contribution in [2.45, 2.75) is 32.9 Å². The second-order valence-electron chi connectivity index (χ2n) is 4.96. The highest BCUT2D eigenvalue weighted by Crippen LogP contribution is 2.12. The van der Waals surface area contributed by atoms with Crippen molar-refractivity contribution in [3.05, 3.63) is 59.2 Å². The summed E-state index contributed by atoms with van der Waals surface area (Å²) >= 11 is 0. The Balaban J connectivity index is 2.03. The van der Waals surface area contributed by atoms with E-state index < -0.39 is 11.6 Å². The van der Waals surface area contributed by atoms with Crippen molar-refractivity contribution in [2.75, 3.05) is 0 Å². The lowest BCUT2D eigenvalue weighted by Crippen LogP contribution is -2.22. The van der Waals surface area contributed by atoms with Crippen molar-refractivity contribution in [3.63, 3.8) is 0 Å². The molecule has 0 bridgehead atoms. The first kappa shape index (κ1) is 14.5. The van der Waals surface area contributed by atoms with Gasteiger partial charge in [-0.25, -0.2) is 18.7 Å². The SMILES string of the molecule is CC(C)NCc1cnc(Cc2ccc(F)cc2F)nc1. The smallest absolute Gasteiger partial charge is 0.132 e. The van der Waals surface area contributed by atoms with Gasteiger partial charge in [0.15, 0.2) is 0 Å². The summed E-state index contributed by atoms with van der Waals surface area (Å²) in [6, 6.07) is 3.92. The van der Waals surface area contributed by atoms with E-state index in [1.54, 1.807) is 12.4 Å². The van der Waals surface area contributed by atoms with Gasteiger partial charge in [0.25, 0.3) is 0 Å². The van der Waals surface area contributed by atoms with E-state index in [-0.39, 0.29) is 6.42 Å². The second-order valence-corrected chi connectivity index (χ2v) is 4.96. The molecule has 0 saturated heterocycles. The van der Waals surface area contributed by atoms with Gasteiger partial charge in [-0.15, -0.1) is 0 Å². The van der Waals surface area contributed by atoms with Crippen LogP contribution in [0.2, 0.25) is 0 Å². The predicted octanol–water partition coefficient (Wildman–Crippen LogP) is 2.84. The zero-order valence-electron chi connectivity index (χ0n) is 11.5. The van der Waals surface area contributed by atoms with E-state index >= 15 is 0 Å². The van der Waals surface area contributed by atoms with Crippen LogP contribution >= 0.6 is 0 Å². The van der Waals surface area contributed by atoms with Gasteiger partial charge in [0.1, 0.15) is 17.5 Å². The van der Waals surface area contributed by atoms with Crippen molar-refractivity contribution in [3.8, 4) is 0 Å². The molecule has 0 radical (unpaired) electrons. The Kier molecular flexibility index (Phi) is 4.74. The fourth-order valence-corrected chi connectivity index (χ4v) is 1.72. The summed E-state index contributed by atoms with van der Waals surface area (Å²) in [5.41, 5.74) is 1.36. The summed E-state index contributed by atoms with van der Waals surface area (Å²) in [4.78, 5) is 8.41. The zero-order valence-corrected chi connectivity index (χ0v) is 11.5. The number of halogens is 2. The molecule has 1 N–H and O–H groups in total. The molecule has 0 aliphatic rings. The quantitative estimate of drug-likeness (QED) is 0.913. The molecule has 3 nitrogen and oxygen atoms in total. The summed E-state index contributed by atoms with van der Waals surface area (Å²) < 4.78 is 26.3. The summed E-state index contributed by atoms with van der Waals surface area (Å²) in [5, 5.41) is 3.26. The van der Waals surface area contributed by atoms with Crippen molar-refractivity contribution < 1.29 is 8.78 Å². The highest BCUT2D eigenvalue weighted by molar-refractivity contribution is 5.22. The molecule has 0 unspecified atom stereocenters. The number of benzene rings is 1. The first-order valence-electron chi connectivity index (χ1n) is 6.51. The number of rotatable bonds is 5. The van der Waals surface area contributed by atoms with Crippen LogP contribution in [0.1, 0.15) is 30.8 Å². The van der Waals surface area contributed by atoms with Crippen molar-refractivity contribution >= 4 is 0 Å². The van der Waals surface area contributed by atoms with E-state index in [9.17, 15) is 8.78 Å². The molecule has 0 saturated carbocycles. The number of hydrogen-bond donors (Lipinski definition) is 1. The summed E-state index contributed by atoms with van der Waals surface area (Å²) in [6.07, 6.45) is 3.70. The van der Waals surface area contributed by atoms with Gasteiger partial charge < -0.3 is 5.32 Å². The predicted molar refractivity (Wildman–Crippen MR) is 73.2 cm³/mol. The molecule has 0 spiro atoms. The van der Waals surface area contributed by atoms with Gasteiger partial charge in [-0.2, -0.15) is 0 Å². The zero-order chi connectivity index (χ0) is 14.5. The normalized spacial score (nSPS) is 11.1. The van der Waals surface area contributed by atoms with Crippen LogP contribution in [0.3, 0.4) is 0 Å². The van der Waals surface area contributed by atoms with Gasteiger partial charge in [-0.1, -0.05) is 19.9 Å². The maximum atomic E-state index is 13.5. The van der Waals surface area contributed by atoms with Gasteiger partial charge in [0.2, 0.25) is 0 Å². The van der Waals surface area contributed by atoms with Crippen LogP contribution in [-0.4, -0.2) is 16.0 Å². The maximum absolute atomic E-state index is 13.5. The molecule has 0 fully saturated rings. The van der Waals surface area contributed by atoms with Crippen molar-refractivity contribution in [1.29, 1.82) is 0 Å². The molecule has 0 aliphatic carbocycles. The van der Waals surface area contributed by atoms with Crippen molar-refractivity contribution in [2.24, 2.45) is 0 Å². The summed E-state index contributed by atoms with van der Waals surface area (Å²) in [5.74, 6) is -0.634. The van der Waals surface area contributed by atoms with Crippen LogP contribution in [0.25, 0.3) is 0 Å². The van der Waals surface area contributed by atoms with E-state index in [0.29, 0.717) is 24.0 Å². The first-order chi connectivity index (χ1) is 9.54. The number of hydrogen-bond acceptors (Lipinski definition) is 3. The van der Waals surface area contributed by atoms with Gasteiger partial charge in [-0.05, 0) is 11.6 Å². The average molecular weight is 277 g/mol. The highest BCUT2D eigenvalue weighted by atomic mass is 19.1. The first-order valence-corrected chi connectivity index (χ1v) is 6.51. The third kappa shape index (κ3) is 4.06. The minimum absolute atomic E-state index is 0.254. The van der Waals surface area contributed by atoms with Crippen molar-refractivity contribution in [1.82, 2.24) is 15.3 Å². The number of nitrogens with one attached hydrogen (secondary N) is 1. The lowest BCUT2D eigenvalue weighted by molar-refractivity contribution is 0.573. The highest BCUT2D eigenvalue weighted by Gasteiger charge is 2.07. The Labute approximate surface area is 117 Å². The van der Waals surface area contributed by atoms with Gasteiger partial charge in [-0.3, -0.25) is 0 Å². The summed E-state index contributed by atoms with van der Waals surface area (Å²) in [6.45, 7) is 4.82. The van der Waals surface area contributed by atoms with Crippen LogP contribution in [0, 0.1) is 11.6 Å². The Morgan fingerprint density at radius 1 is 1.15 bits per heavy atom. The van der Waals surface area contributed by atoms with Crippen LogP contribution in [0.4, 0.5) is 8.78 Å². The Bertz CT molecular complexity index is 568. The van der Waals surface area contributed by atoms with Gasteiger partial charge >= 0.3 is 0 Å². The van der Waals surface area contributed by atoms with Gasteiger partial charge in [0, 0.05) is 43.0 Å².